The number of nitrogens with two attached hydrogens (primary N) is 1. The molecule has 0 aromatic carbocycles. The molecule has 2 saturated heterocycles. The largest absolute Gasteiger partial charge is 0.475 e. The second-order valence-electron chi connectivity index (χ2n) is 7.88. The highest BCUT2D eigenvalue weighted by Gasteiger charge is 2.40. The summed E-state index contributed by atoms with van der Waals surface area (Å²) in [6.07, 6.45) is 4.83. The molecular formula is C19H23N6O6P. The Balaban J connectivity index is 1.26. The van der Waals surface area contributed by atoms with Crippen molar-refractivity contribution in [3.63, 3.8) is 0 Å². The Hall–Kier alpha value is -2.63. The highest BCUT2D eigenvalue weighted by atomic mass is 31.2. The first-order chi connectivity index (χ1) is 15.4. The van der Waals surface area contributed by atoms with Crippen molar-refractivity contribution < 1.29 is 22.9 Å². The molecule has 2 aliphatic rings. The van der Waals surface area contributed by atoms with Crippen molar-refractivity contribution in [3.8, 4) is 0 Å². The van der Waals surface area contributed by atoms with Crippen molar-refractivity contribution in [2.24, 2.45) is 5.92 Å². The third-order valence-electron chi connectivity index (χ3n) is 5.54. The summed E-state index contributed by atoms with van der Waals surface area (Å²) in [7, 11) is -3.74. The van der Waals surface area contributed by atoms with Crippen LogP contribution < -0.4 is 11.3 Å². The van der Waals surface area contributed by atoms with Crippen LogP contribution in [0.25, 0.3) is 11.2 Å². The molecule has 3 aromatic heterocycles. The molecule has 2 fully saturated rings. The minimum atomic E-state index is -3.74. The number of phosphoric acid groups is 1. The van der Waals surface area contributed by atoms with Gasteiger partial charge in [0.05, 0.1) is 31.7 Å². The third kappa shape index (κ3) is 4.07. The van der Waals surface area contributed by atoms with E-state index in [9.17, 15) is 9.36 Å². The zero-order valence-electron chi connectivity index (χ0n) is 17.3. The number of fused-ring (bicyclic) bond motifs is 1. The van der Waals surface area contributed by atoms with Gasteiger partial charge < -0.3 is 10.5 Å². The first-order valence-corrected chi connectivity index (χ1v) is 11.7. The maximum atomic E-state index is 13.0. The average Bonchev–Trinajstić information content (AvgIpc) is 3.36. The maximum absolute atomic E-state index is 13.0. The summed E-state index contributed by atoms with van der Waals surface area (Å²) < 4.78 is 37.4. The van der Waals surface area contributed by atoms with E-state index in [4.69, 9.17) is 24.0 Å². The fraction of sp³-hybridized carbons (Fsp3) is 0.474. The van der Waals surface area contributed by atoms with Crippen molar-refractivity contribution in [3.05, 3.63) is 46.8 Å². The van der Waals surface area contributed by atoms with Gasteiger partial charge in [-0.15, -0.1) is 0 Å². The Bertz CT molecular complexity index is 1220. The van der Waals surface area contributed by atoms with Gasteiger partial charge in [-0.3, -0.25) is 32.9 Å². The molecule has 3 N–H and O–H groups in total. The minimum Gasteiger partial charge on any atom is -0.369 e. The lowest BCUT2D eigenvalue weighted by molar-refractivity contribution is -0.0402. The molecule has 5 unspecified atom stereocenters. The molecule has 12 nitrogen and oxygen atoms in total. The van der Waals surface area contributed by atoms with E-state index >= 15 is 0 Å². The number of ether oxygens (including phenoxy) is 1. The van der Waals surface area contributed by atoms with Crippen LogP contribution in [0.3, 0.4) is 0 Å². The standard InChI is InChI=1S/C19H23N6O6P/c1-11-7-13(30-18(11)25-10-22-15-16(25)23-19(20)24-17(15)26)9-29-32(27)28-6-4-14(31-32)12-3-2-5-21-8-12/h2-3,5,8,10-11,13-14,18H,4,6-7,9H2,1H3,(H3,20,23,24,26). The summed E-state index contributed by atoms with van der Waals surface area (Å²) in [6.45, 7) is 2.28. The van der Waals surface area contributed by atoms with E-state index in [2.05, 4.69) is 19.9 Å². The highest BCUT2D eigenvalue weighted by Crippen LogP contribution is 2.57. The number of hydrogen-bond acceptors (Lipinski definition) is 10. The number of pyridine rings is 1. The molecule has 2 aliphatic heterocycles. The zero-order valence-corrected chi connectivity index (χ0v) is 18.2. The molecule has 170 valence electrons. The molecule has 0 spiro atoms. The van der Waals surface area contributed by atoms with Crippen molar-refractivity contribution in [2.45, 2.75) is 38.2 Å². The Kier molecular flexibility index (Phi) is 5.56. The number of aromatic nitrogens is 5. The monoisotopic (exact) mass is 462 g/mol. The van der Waals surface area contributed by atoms with Crippen LogP contribution in [0.2, 0.25) is 0 Å². The zero-order chi connectivity index (χ0) is 22.3. The average molecular weight is 462 g/mol. The Morgan fingerprint density at radius 3 is 3.12 bits per heavy atom. The van der Waals surface area contributed by atoms with Gasteiger partial charge in [0.15, 0.2) is 11.2 Å². The van der Waals surface area contributed by atoms with Crippen LogP contribution >= 0.6 is 7.82 Å². The minimum absolute atomic E-state index is 0.00245. The molecule has 0 radical (unpaired) electrons. The van der Waals surface area contributed by atoms with Gasteiger partial charge in [-0.25, -0.2) is 9.55 Å². The van der Waals surface area contributed by atoms with Crippen molar-refractivity contribution in [1.29, 1.82) is 0 Å². The van der Waals surface area contributed by atoms with Crippen LogP contribution in [0.15, 0.2) is 35.6 Å². The molecule has 5 rings (SSSR count). The van der Waals surface area contributed by atoms with E-state index in [-0.39, 0.29) is 36.7 Å². The van der Waals surface area contributed by atoms with Gasteiger partial charge in [-0.2, -0.15) is 4.98 Å². The fourth-order valence-corrected chi connectivity index (χ4v) is 5.45. The molecule has 0 aliphatic carbocycles. The van der Waals surface area contributed by atoms with Crippen LogP contribution in [-0.4, -0.2) is 43.8 Å². The maximum Gasteiger partial charge on any atom is 0.475 e. The van der Waals surface area contributed by atoms with Crippen molar-refractivity contribution in [1.82, 2.24) is 24.5 Å². The lowest BCUT2D eigenvalue weighted by Crippen LogP contribution is -2.20. The van der Waals surface area contributed by atoms with Crippen LogP contribution in [0.4, 0.5) is 5.95 Å². The van der Waals surface area contributed by atoms with Crippen LogP contribution in [0, 0.1) is 5.92 Å². The van der Waals surface area contributed by atoms with E-state index in [0.717, 1.165) is 5.56 Å². The number of nitrogens with zero attached hydrogens (tertiary/aromatic N) is 4. The topological polar surface area (TPSA) is 156 Å². The number of aromatic amines is 1. The van der Waals surface area contributed by atoms with Crippen LogP contribution in [0.1, 0.15) is 37.7 Å². The van der Waals surface area contributed by atoms with Crippen LogP contribution in [-0.2, 0) is 22.9 Å². The van der Waals surface area contributed by atoms with Gasteiger partial charge in [0.25, 0.3) is 5.56 Å². The first-order valence-electron chi connectivity index (χ1n) is 10.3. The molecule has 13 heteroatoms. The number of imidazole rings is 1. The van der Waals surface area contributed by atoms with Gasteiger partial charge in [0.1, 0.15) is 6.23 Å². The molecule has 5 atom stereocenters. The van der Waals surface area contributed by atoms with E-state index in [0.29, 0.717) is 18.5 Å². The fourth-order valence-electron chi connectivity index (χ4n) is 4.04. The summed E-state index contributed by atoms with van der Waals surface area (Å²) in [5.41, 5.74) is 6.61. The molecule has 0 saturated carbocycles. The number of nitrogen functional groups attached to an aromatic ring is 1. The van der Waals surface area contributed by atoms with Gasteiger partial charge in [-0.05, 0) is 18.1 Å². The Morgan fingerprint density at radius 2 is 2.31 bits per heavy atom. The van der Waals surface area contributed by atoms with Crippen LogP contribution in [0.5, 0.6) is 0 Å². The predicted octanol–water partition coefficient (Wildman–Crippen LogP) is 2.32. The molecule has 0 amide bonds. The number of nitrogens with one attached hydrogen (secondary N) is 1. The summed E-state index contributed by atoms with van der Waals surface area (Å²) in [6, 6.07) is 3.66. The number of H-pyrrole nitrogens is 1. The predicted molar refractivity (Wildman–Crippen MR) is 112 cm³/mol. The molecular weight excluding hydrogens is 439 g/mol. The third-order valence-corrected chi connectivity index (χ3v) is 7.02. The normalized spacial score (nSPS) is 30.7. The van der Waals surface area contributed by atoms with E-state index in [1.807, 2.05) is 13.0 Å². The van der Waals surface area contributed by atoms with Gasteiger partial charge in [0, 0.05) is 24.7 Å². The van der Waals surface area contributed by atoms with Gasteiger partial charge in [-0.1, -0.05) is 13.0 Å². The van der Waals surface area contributed by atoms with Crippen molar-refractivity contribution >= 4 is 24.9 Å². The Labute approximate surface area is 182 Å². The second-order valence-corrected chi connectivity index (χ2v) is 9.50. The molecule has 5 heterocycles. The SMILES string of the molecule is CC1CC(COP2(=O)OCCC(c3cccnc3)O2)OC1n1cnc2c(=O)[nH]c(N)nc21. The quantitative estimate of drug-likeness (QED) is 0.539. The number of hydrogen-bond donors (Lipinski definition) is 2. The molecule has 3 aromatic rings. The lowest BCUT2D eigenvalue weighted by atomic mass is 10.1. The van der Waals surface area contributed by atoms with Gasteiger partial charge >= 0.3 is 7.82 Å². The Morgan fingerprint density at radius 1 is 1.44 bits per heavy atom. The lowest BCUT2D eigenvalue weighted by Gasteiger charge is -2.29. The summed E-state index contributed by atoms with van der Waals surface area (Å²) in [4.78, 5) is 26.9. The summed E-state index contributed by atoms with van der Waals surface area (Å²) >= 11 is 0. The molecule has 0 bridgehead atoms. The van der Waals surface area contributed by atoms with Crippen molar-refractivity contribution in [2.75, 3.05) is 18.9 Å². The number of anilines is 1. The van der Waals surface area contributed by atoms with Gasteiger partial charge in [0.2, 0.25) is 5.95 Å². The summed E-state index contributed by atoms with van der Waals surface area (Å²) in [5.74, 6) is 0.0585. The summed E-state index contributed by atoms with van der Waals surface area (Å²) in [5, 5.41) is 0. The number of rotatable bonds is 5. The number of phosphoric ester groups is 1. The second kappa shape index (κ2) is 8.38. The van der Waals surface area contributed by atoms with E-state index in [1.165, 1.54) is 6.33 Å². The first kappa shape index (κ1) is 21.2. The van der Waals surface area contributed by atoms with E-state index in [1.54, 1.807) is 23.0 Å². The van der Waals surface area contributed by atoms with E-state index < -0.39 is 25.7 Å². The highest BCUT2D eigenvalue weighted by molar-refractivity contribution is 7.48. The molecule has 32 heavy (non-hydrogen) atoms. The smallest absolute Gasteiger partial charge is 0.369 e.